The van der Waals surface area contributed by atoms with Crippen LogP contribution in [0.2, 0.25) is 0 Å². The lowest BCUT2D eigenvalue weighted by molar-refractivity contribution is -0.933. The highest BCUT2D eigenvalue weighted by atomic mass is 16.4. The summed E-state index contributed by atoms with van der Waals surface area (Å²) in [7, 11) is 0. The molecule has 1 aromatic rings. The summed E-state index contributed by atoms with van der Waals surface area (Å²) in [5, 5.41) is 10.6. The van der Waals surface area contributed by atoms with Gasteiger partial charge in [-0.3, -0.25) is 4.79 Å². The standard InChI is InChI=1S/C16H22N2O3/c1-11-4-5-14(10-12(11)2)13(3)17-6-8-18(9-7-17)15(19)16(20)21/h4-5,10,13H,6-9H2,1-3H3,(H,20,21)/t13-/m0/s1. The molecule has 1 heterocycles. The van der Waals surface area contributed by atoms with Crippen LogP contribution in [0.4, 0.5) is 0 Å². The number of benzene rings is 1. The number of amides is 1. The first-order valence-electron chi connectivity index (χ1n) is 7.32. The number of quaternary nitrogens is 1. The van der Waals surface area contributed by atoms with Gasteiger partial charge in [-0.1, -0.05) is 12.1 Å². The van der Waals surface area contributed by atoms with E-state index in [1.807, 2.05) is 0 Å². The molecule has 0 unspecified atom stereocenters. The third-order valence-corrected chi connectivity index (χ3v) is 4.51. The molecule has 5 heteroatoms. The van der Waals surface area contributed by atoms with E-state index in [1.165, 1.54) is 26.5 Å². The highest BCUT2D eigenvalue weighted by Crippen LogP contribution is 2.15. The smallest absolute Gasteiger partial charge is 0.269 e. The number of hydrogen-bond acceptors (Lipinski definition) is 3. The summed E-state index contributed by atoms with van der Waals surface area (Å²) in [5.74, 6) is -2.51. The zero-order valence-electron chi connectivity index (χ0n) is 12.8. The number of carboxylic acids is 1. The zero-order chi connectivity index (χ0) is 15.6. The third kappa shape index (κ3) is 3.42. The molecule has 0 saturated carbocycles. The van der Waals surface area contributed by atoms with E-state index in [-0.39, 0.29) is 0 Å². The number of carbonyl (C=O) groups is 2. The first-order valence-corrected chi connectivity index (χ1v) is 7.32. The number of nitrogens with one attached hydrogen (secondary N) is 1. The summed E-state index contributed by atoms with van der Waals surface area (Å²) in [6.07, 6.45) is 0. The fourth-order valence-electron chi connectivity index (χ4n) is 2.83. The van der Waals surface area contributed by atoms with Gasteiger partial charge >= 0.3 is 0 Å². The zero-order valence-corrected chi connectivity index (χ0v) is 12.8. The largest absolute Gasteiger partial charge is 0.540 e. The molecule has 1 aliphatic rings. The van der Waals surface area contributed by atoms with Gasteiger partial charge in [0, 0.05) is 5.56 Å². The van der Waals surface area contributed by atoms with Crippen molar-refractivity contribution in [2.45, 2.75) is 26.8 Å². The Hall–Kier alpha value is -1.88. The summed E-state index contributed by atoms with van der Waals surface area (Å²) >= 11 is 0. The van der Waals surface area contributed by atoms with Crippen molar-refractivity contribution in [2.24, 2.45) is 0 Å². The van der Waals surface area contributed by atoms with Gasteiger partial charge in [-0.15, -0.1) is 0 Å². The summed E-state index contributed by atoms with van der Waals surface area (Å²) in [6, 6.07) is 6.84. The molecule has 0 aromatic heterocycles. The van der Waals surface area contributed by atoms with E-state index in [1.54, 1.807) is 0 Å². The molecule has 1 atom stereocenters. The summed E-state index contributed by atoms with van der Waals surface area (Å²) in [6.45, 7) is 8.84. The predicted octanol–water partition coefficient (Wildman–Crippen LogP) is -1.16. The van der Waals surface area contributed by atoms with Crippen LogP contribution in [0.5, 0.6) is 0 Å². The van der Waals surface area contributed by atoms with Gasteiger partial charge in [0.15, 0.2) is 0 Å². The summed E-state index contributed by atoms with van der Waals surface area (Å²) in [4.78, 5) is 24.7. The minimum absolute atomic E-state index is 0.338. The number of aliphatic carboxylic acids is 1. The van der Waals surface area contributed by atoms with E-state index in [0.717, 1.165) is 13.1 Å². The van der Waals surface area contributed by atoms with E-state index in [9.17, 15) is 14.7 Å². The van der Waals surface area contributed by atoms with Crippen molar-refractivity contribution in [1.82, 2.24) is 4.90 Å². The van der Waals surface area contributed by atoms with Crippen LogP contribution in [0.15, 0.2) is 18.2 Å². The maximum absolute atomic E-state index is 11.4. The van der Waals surface area contributed by atoms with Crippen LogP contribution < -0.4 is 10.0 Å². The minimum Gasteiger partial charge on any atom is -0.540 e. The van der Waals surface area contributed by atoms with E-state index in [0.29, 0.717) is 19.1 Å². The van der Waals surface area contributed by atoms with Gasteiger partial charge in [-0.2, -0.15) is 0 Å². The van der Waals surface area contributed by atoms with Gasteiger partial charge in [0.2, 0.25) is 0 Å². The average molecular weight is 290 g/mol. The molecule has 0 aliphatic carbocycles. The summed E-state index contributed by atoms with van der Waals surface area (Å²) in [5.41, 5.74) is 3.85. The van der Waals surface area contributed by atoms with Crippen LogP contribution >= 0.6 is 0 Å². The van der Waals surface area contributed by atoms with E-state index >= 15 is 0 Å². The maximum Gasteiger partial charge on any atom is 0.269 e. The molecule has 21 heavy (non-hydrogen) atoms. The van der Waals surface area contributed by atoms with E-state index in [2.05, 4.69) is 39.0 Å². The van der Waals surface area contributed by atoms with Crippen LogP contribution in [0, 0.1) is 13.8 Å². The molecule has 0 radical (unpaired) electrons. The predicted molar refractivity (Wildman–Crippen MR) is 76.6 cm³/mol. The van der Waals surface area contributed by atoms with Crippen LogP contribution in [0.1, 0.15) is 29.7 Å². The van der Waals surface area contributed by atoms with Crippen molar-refractivity contribution in [3.05, 3.63) is 34.9 Å². The monoisotopic (exact) mass is 290 g/mol. The molecule has 1 amide bonds. The van der Waals surface area contributed by atoms with Crippen LogP contribution in [0.25, 0.3) is 0 Å². The Morgan fingerprint density at radius 3 is 2.33 bits per heavy atom. The highest BCUT2D eigenvalue weighted by molar-refractivity contribution is 6.30. The highest BCUT2D eigenvalue weighted by Gasteiger charge is 2.28. The third-order valence-electron chi connectivity index (χ3n) is 4.51. The Morgan fingerprint density at radius 2 is 1.81 bits per heavy atom. The molecule has 5 nitrogen and oxygen atoms in total. The Labute approximate surface area is 125 Å². The van der Waals surface area contributed by atoms with Crippen molar-refractivity contribution in [2.75, 3.05) is 26.2 Å². The van der Waals surface area contributed by atoms with Crippen LogP contribution in [0.3, 0.4) is 0 Å². The van der Waals surface area contributed by atoms with Crippen LogP contribution in [-0.4, -0.2) is 43.0 Å². The second-order valence-electron chi connectivity index (χ2n) is 5.80. The Bertz CT molecular complexity index is 548. The minimum atomic E-state index is -1.61. The van der Waals surface area contributed by atoms with Crippen LogP contribution in [-0.2, 0) is 9.59 Å². The second kappa shape index (κ2) is 6.26. The van der Waals surface area contributed by atoms with E-state index < -0.39 is 11.9 Å². The number of rotatable bonds is 2. The number of carbonyl (C=O) groups excluding carboxylic acids is 2. The van der Waals surface area contributed by atoms with Crippen molar-refractivity contribution < 1.29 is 19.6 Å². The molecule has 0 spiro atoms. The van der Waals surface area contributed by atoms with Crippen molar-refractivity contribution in [1.29, 1.82) is 0 Å². The Kier molecular flexibility index (Phi) is 4.63. The van der Waals surface area contributed by atoms with Gasteiger partial charge < -0.3 is 19.7 Å². The normalized spacial score (nSPS) is 17.6. The van der Waals surface area contributed by atoms with Crippen molar-refractivity contribution in [3.8, 4) is 0 Å². The first-order chi connectivity index (χ1) is 9.90. The molecule has 1 saturated heterocycles. The van der Waals surface area contributed by atoms with Gasteiger partial charge in [0.25, 0.3) is 5.91 Å². The van der Waals surface area contributed by atoms with Crippen molar-refractivity contribution >= 4 is 11.9 Å². The Balaban J connectivity index is 1.99. The van der Waals surface area contributed by atoms with Gasteiger partial charge in [0.05, 0.1) is 26.2 Å². The molecule has 1 aromatic carbocycles. The number of aryl methyl sites for hydroxylation is 2. The molecule has 2 rings (SSSR count). The number of piperazine rings is 1. The molecule has 1 aliphatic heterocycles. The Morgan fingerprint density at radius 1 is 1.19 bits per heavy atom. The lowest BCUT2D eigenvalue weighted by atomic mass is 10.0. The second-order valence-corrected chi connectivity index (χ2v) is 5.80. The quantitative estimate of drug-likeness (QED) is 0.699. The molecular formula is C16H22N2O3. The lowest BCUT2D eigenvalue weighted by Gasteiger charge is -2.35. The number of carboxylic acid groups (broad SMARTS) is 1. The lowest BCUT2D eigenvalue weighted by Crippen LogP contribution is -3.14. The maximum atomic E-state index is 11.4. The number of nitrogens with zero attached hydrogens (tertiary/aromatic N) is 1. The fraction of sp³-hybridized carbons (Fsp3) is 0.500. The van der Waals surface area contributed by atoms with Gasteiger partial charge in [-0.25, -0.2) is 0 Å². The first kappa shape index (κ1) is 15.5. The summed E-state index contributed by atoms with van der Waals surface area (Å²) < 4.78 is 0. The molecule has 1 N–H and O–H groups in total. The SMILES string of the molecule is Cc1ccc([C@H](C)[NH+]2CCN(C(=O)C(=O)[O-])CC2)cc1C. The molecule has 1 fully saturated rings. The van der Waals surface area contributed by atoms with Gasteiger partial charge in [-0.05, 0) is 38.0 Å². The average Bonchev–Trinajstić information content (AvgIpc) is 2.48. The molecule has 0 bridgehead atoms. The van der Waals surface area contributed by atoms with E-state index in [4.69, 9.17) is 0 Å². The molecular weight excluding hydrogens is 268 g/mol. The fourth-order valence-corrected chi connectivity index (χ4v) is 2.83. The topological polar surface area (TPSA) is 64.9 Å². The number of hydrogen-bond donors (Lipinski definition) is 1. The van der Waals surface area contributed by atoms with Gasteiger partial charge in [0.1, 0.15) is 12.0 Å². The molecule has 114 valence electrons. The van der Waals surface area contributed by atoms with Crippen molar-refractivity contribution in [3.63, 3.8) is 0 Å².